The number of anilines is 1. The van der Waals surface area contributed by atoms with Crippen molar-refractivity contribution in [3.8, 4) is 17.5 Å². The van der Waals surface area contributed by atoms with Crippen molar-refractivity contribution in [2.24, 2.45) is 0 Å². The van der Waals surface area contributed by atoms with E-state index in [1.807, 2.05) is 0 Å². The first-order valence-electron chi connectivity index (χ1n) is 15.8. The van der Waals surface area contributed by atoms with Gasteiger partial charge in [-0.1, -0.05) is 0 Å². The van der Waals surface area contributed by atoms with Crippen LogP contribution in [-0.2, 0) is 20.2 Å². The number of nitriles is 1. The van der Waals surface area contributed by atoms with E-state index >= 15 is 0 Å². The van der Waals surface area contributed by atoms with Gasteiger partial charge in [-0.3, -0.25) is 0 Å². The Morgan fingerprint density at radius 3 is 2.54 bits per heavy atom. The molecule has 0 spiro atoms. The molecule has 0 aromatic carbocycles. The van der Waals surface area contributed by atoms with Crippen LogP contribution in [0.2, 0.25) is 0 Å². The molecule has 2 aliphatic heterocycles. The van der Waals surface area contributed by atoms with Crippen LogP contribution in [0.5, 0.6) is 0 Å². The summed E-state index contributed by atoms with van der Waals surface area (Å²) in [6.07, 6.45) is -1.73. The quantitative estimate of drug-likeness (QED) is 0.255. The second-order valence-corrected chi connectivity index (χ2v) is 16.6. The first kappa shape index (κ1) is 33.7. The number of nitrogens with zero attached hydrogens (tertiary/aromatic N) is 8. The Labute approximate surface area is 274 Å². The lowest BCUT2D eigenvalue weighted by atomic mass is 10.1. The first-order valence-corrected chi connectivity index (χ1v) is 18.4. The summed E-state index contributed by atoms with van der Waals surface area (Å²) in [5, 5.41) is 22.5. The number of carbonyl (C=O) groups is 1. The molecule has 0 bridgehead atoms. The van der Waals surface area contributed by atoms with Gasteiger partial charge in [-0.05, 0) is 78.3 Å². The summed E-state index contributed by atoms with van der Waals surface area (Å²) < 4.78 is 71.6. The van der Waals surface area contributed by atoms with Crippen molar-refractivity contribution in [3.63, 3.8) is 0 Å². The van der Waals surface area contributed by atoms with Gasteiger partial charge < -0.3 is 24.3 Å². The van der Waals surface area contributed by atoms with E-state index in [1.165, 1.54) is 28.6 Å². The Morgan fingerprint density at radius 2 is 1.90 bits per heavy atom. The fraction of sp³-hybridized carbons (Fsp3) is 0.548. The number of pyridine rings is 1. The van der Waals surface area contributed by atoms with E-state index in [4.69, 9.17) is 14.6 Å². The molecule has 0 saturated carbocycles. The highest BCUT2D eigenvalue weighted by Crippen LogP contribution is 2.42. The molecule has 48 heavy (non-hydrogen) atoms. The molecule has 0 aliphatic carbocycles. The molecule has 2 saturated heterocycles. The van der Waals surface area contributed by atoms with Gasteiger partial charge in [-0.15, -0.1) is 5.10 Å². The van der Waals surface area contributed by atoms with Crippen molar-refractivity contribution in [1.29, 1.82) is 5.26 Å². The van der Waals surface area contributed by atoms with Gasteiger partial charge in [0.2, 0.25) is 5.95 Å². The Bertz CT molecular complexity index is 1970. The number of fused-ring (bicyclic) bond motifs is 3. The first-order chi connectivity index (χ1) is 22.5. The molecule has 256 valence electrons. The zero-order valence-corrected chi connectivity index (χ0v) is 28.2. The molecule has 6 rings (SSSR count). The molecular formula is C31H37F3N9O4P. The third-order valence-corrected chi connectivity index (χ3v) is 9.65. The van der Waals surface area contributed by atoms with E-state index in [0.717, 1.165) is 19.0 Å². The molecule has 4 aromatic heterocycles. The molecule has 0 radical (unpaired) electrons. The molecule has 2 atom stereocenters. The summed E-state index contributed by atoms with van der Waals surface area (Å²) in [6, 6.07) is 4.76. The number of halogens is 3. The smallest absolute Gasteiger partial charge is 0.420 e. The second kappa shape index (κ2) is 12.3. The molecule has 1 unspecified atom stereocenters. The topological polar surface area (TPSA) is 153 Å². The van der Waals surface area contributed by atoms with Crippen LogP contribution in [0.1, 0.15) is 70.2 Å². The van der Waals surface area contributed by atoms with Crippen molar-refractivity contribution >= 4 is 41.2 Å². The highest BCUT2D eigenvalue weighted by Gasteiger charge is 2.39. The number of hydrogen-bond acceptors (Lipinski definition) is 10. The predicted molar refractivity (Wildman–Crippen MR) is 172 cm³/mol. The average molecular weight is 688 g/mol. The zero-order chi connectivity index (χ0) is 34.6. The Balaban J connectivity index is 1.50. The maximum Gasteiger partial charge on any atom is 0.420 e. The summed E-state index contributed by atoms with van der Waals surface area (Å²) in [4.78, 5) is 22.7. The van der Waals surface area contributed by atoms with Gasteiger partial charge in [0.1, 0.15) is 41.2 Å². The minimum atomic E-state index is -4.84. The number of carbonyl (C=O) groups excluding carboxylic acids is 1. The second-order valence-electron chi connectivity index (χ2n) is 13.5. The predicted octanol–water partition coefficient (Wildman–Crippen LogP) is 5.79. The van der Waals surface area contributed by atoms with Crippen molar-refractivity contribution in [2.75, 3.05) is 38.3 Å². The third kappa shape index (κ3) is 6.58. The zero-order valence-electron chi connectivity index (χ0n) is 27.3. The molecule has 1 N–H and O–H groups in total. The molecule has 6 heterocycles. The molecule has 4 aromatic rings. The van der Waals surface area contributed by atoms with Crippen LogP contribution in [0.25, 0.3) is 27.9 Å². The van der Waals surface area contributed by atoms with E-state index in [-0.39, 0.29) is 46.3 Å². The highest BCUT2D eigenvalue weighted by atomic mass is 31.2. The van der Waals surface area contributed by atoms with Gasteiger partial charge in [0.15, 0.2) is 11.9 Å². The van der Waals surface area contributed by atoms with Crippen molar-refractivity contribution < 1.29 is 32.0 Å². The van der Waals surface area contributed by atoms with Crippen LogP contribution in [0.15, 0.2) is 18.3 Å². The van der Waals surface area contributed by atoms with Crippen LogP contribution in [0.4, 0.5) is 23.9 Å². The van der Waals surface area contributed by atoms with E-state index in [0.29, 0.717) is 37.9 Å². The Hall–Kier alpha value is -4.22. The summed E-state index contributed by atoms with van der Waals surface area (Å²) in [6.45, 7) is 9.51. The van der Waals surface area contributed by atoms with Gasteiger partial charge in [-0.25, -0.2) is 24.0 Å². The fourth-order valence-electron chi connectivity index (χ4n) is 6.18. The highest BCUT2D eigenvalue weighted by molar-refractivity contribution is 7.70. The van der Waals surface area contributed by atoms with E-state index < -0.39 is 42.5 Å². The normalized spacial score (nSPS) is 19.4. The lowest BCUT2D eigenvalue weighted by molar-refractivity contribution is -0.137. The van der Waals surface area contributed by atoms with Crippen molar-refractivity contribution in [1.82, 2.24) is 34.3 Å². The van der Waals surface area contributed by atoms with E-state index in [2.05, 4.69) is 26.5 Å². The van der Waals surface area contributed by atoms with Crippen LogP contribution >= 0.6 is 7.14 Å². The summed E-state index contributed by atoms with van der Waals surface area (Å²) in [5.41, 5.74) is -1.51. The van der Waals surface area contributed by atoms with Crippen LogP contribution in [-0.4, -0.2) is 85.0 Å². The molecule has 17 heteroatoms. The third-order valence-electron chi connectivity index (χ3n) is 8.20. The van der Waals surface area contributed by atoms with Gasteiger partial charge in [-0.2, -0.15) is 23.5 Å². The number of amides is 1. The fourth-order valence-corrected chi connectivity index (χ4v) is 7.49. The number of alkyl halides is 3. The molecule has 2 aliphatic rings. The SMILES string of the molecule is CC(C)(C)OC(=O)N1CCC[C@H](Nc2ncc(C(F)(F)F)c(-c3nn(C4CCCCO4)c4nn5c(P(C)(C)=O)c(C#N)ccc5c34)n2)C1. The monoisotopic (exact) mass is 687 g/mol. The Kier molecular flexibility index (Phi) is 8.66. The van der Waals surface area contributed by atoms with Gasteiger partial charge >= 0.3 is 12.3 Å². The maximum absolute atomic E-state index is 14.6. The van der Waals surface area contributed by atoms with Gasteiger partial charge in [0.25, 0.3) is 0 Å². The Morgan fingerprint density at radius 1 is 1.12 bits per heavy atom. The van der Waals surface area contributed by atoms with Gasteiger partial charge in [0.05, 0.1) is 16.5 Å². The van der Waals surface area contributed by atoms with Crippen LogP contribution in [0.3, 0.4) is 0 Å². The number of aromatic nitrogens is 6. The summed E-state index contributed by atoms with van der Waals surface area (Å²) in [5.74, 6) is -0.0683. The standard InChI is InChI=1S/C31H37F3N9O4P/c1-30(2,3)47-29(44)41-13-8-9-19(17-41)37-28-36-16-20(31(32,33)34)24(38-28)25-23-21-12-11-18(15-35)27(48(4,5)45)42(21)40-26(23)43(39-25)22-10-6-7-14-46-22/h11-12,16,19,22H,6-10,13-14,17H2,1-5H3,(H,36,37,38)/t19-,22?/m0/s1. The van der Waals surface area contributed by atoms with E-state index in [1.54, 1.807) is 31.7 Å². The van der Waals surface area contributed by atoms with Crippen molar-refractivity contribution in [3.05, 3.63) is 29.5 Å². The molecule has 1 amide bonds. The van der Waals surface area contributed by atoms with Crippen molar-refractivity contribution in [2.45, 2.75) is 76.9 Å². The lowest BCUT2D eigenvalue weighted by Crippen LogP contribution is -2.47. The average Bonchev–Trinajstić information content (AvgIpc) is 3.56. The summed E-state index contributed by atoms with van der Waals surface area (Å²) in [7, 11) is -3.11. The number of hydrogen-bond donors (Lipinski definition) is 1. The minimum Gasteiger partial charge on any atom is -0.444 e. The van der Waals surface area contributed by atoms with Crippen LogP contribution in [0, 0.1) is 11.3 Å². The number of ether oxygens (including phenoxy) is 2. The van der Waals surface area contributed by atoms with Gasteiger partial charge in [0, 0.05) is 31.9 Å². The molecule has 2 fully saturated rings. The number of rotatable bonds is 5. The molecule has 13 nitrogen and oxygen atoms in total. The summed E-state index contributed by atoms with van der Waals surface area (Å²) >= 11 is 0. The largest absolute Gasteiger partial charge is 0.444 e. The minimum absolute atomic E-state index is 0.0683. The number of nitrogens with one attached hydrogen (secondary N) is 1. The van der Waals surface area contributed by atoms with E-state index in [9.17, 15) is 27.8 Å². The lowest BCUT2D eigenvalue weighted by Gasteiger charge is -2.34. The molecular weight excluding hydrogens is 650 g/mol. The number of likely N-dealkylation sites (tertiary alicyclic amines) is 1. The van der Waals surface area contributed by atoms with Crippen LogP contribution < -0.4 is 10.8 Å². The number of piperidine rings is 1. The maximum atomic E-state index is 14.6.